The molecule has 3 N–H and O–H groups in total. The zero-order valence-electron chi connectivity index (χ0n) is 10.1. The van der Waals surface area contributed by atoms with E-state index in [9.17, 15) is 4.79 Å². The minimum atomic E-state index is -0.946. The number of hydrogen-bond donors (Lipinski definition) is 2. The molecule has 0 spiro atoms. The molecule has 1 rings (SSSR count). The van der Waals surface area contributed by atoms with Gasteiger partial charge < -0.3 is 15.6 Å². The summed E-state index contributed by atoms with van der Waals surface area (Å²) in [6.07, 6.45) is 0.474. The highest BCUT2D eigenvalue weighted by atomic mass is 79.9. The van der Waals surface area contributed by atoms with Crippen LogP contribution in [0.5, 0.6) is 5.75 Å². The summed E-state index contributed by atoms with van der Waals surface area (Å²) in [6, 6.07) is 5.02. The van der Waals surface area contributed by atoms with Crippen molar-refractivity contribution in [2.75, 3.05) is 12.9 Å². The summed E-state index contributed by atoms with van der Waals surface area (Å²) in [6.45, 7) is 0. The van der Waals surface area contributed by atoms with E-state index in [1.807, 2.05) is 18.2 Å². The van der Waals surface area contributed by atoms with Gasteiger partial charge >= 0.3 is 5.97 Å². The van der Waals surface area contributed by atoms with Crippen LogP contribution in [-0.2, 0) is 10.5 Å². The average Bonchev–Trinajstić information content (AvgIpc) is 2.36. The third-order valence-corrected chi connectivity index (χ3v) is 4.21. The monoisotopic (exact) mass is 333 g/mol. The molecule has 1 unspecified atom stereocenters. The van der Waals surface area contributed by atoms with Gasteiger partial charge in [0.05, 0.1) is 7.11 Å². The van der Waals surface area contributed by atoms with Gasteiger partial charge in [0.25, 0.3) is 0 Å². The lowest BCUT2D eigenvalue weighted by Gasteiger charge is -2.08. The molecule has 18 heavy (non-hydrogen) atoms. The SMILES string of the molecule is COc1ccc(Br)c(CSCCC(N)C(=O)O)c1. The molecule has 0 aliphatic carbocycles. The molecule has 0 heterocycles. The van der Waals surface area contributed by atoms with Crippen molar-refractivity contribution in [2.45, 2.75) is 18.2 Å². The van der Waals surface area contributed by atoms with E-state index in [1.165, 1.54) is 0 Å². The smallest absolute Gasteiger partial charge is 0.320 e. The van der Waals surface area contributed by atoms with Crippen LogP contribution in [0, 0.1) is 0 Å². The number of carboxylic acids is 1. The van der Waals surface area contributed by atoms with Gasteiger partial charge in [-0.05, 0) is 35.9 Å². The lowest BCUT2D eigenvalue weighted by molar-refractivity contribution is -0.138. The second kappa shape index (κ2) is 7.66. The first-order valence-corrected chi connectivity index (χ1v) is 7.38. The fourth-order valence-electron chi connectivity index (χ4n) is 1.30. The Morgan fingerprint density at radius 2 is 2.33 bits per heavy atom. The fraction of sp³-hybridized carbons (Fsp3) is 0.417. The number of aliphatic carboxylic acids is 1. The number of nitrogens with two attached hydrogens (primary N) is 1. The predicted molar refractivity (Wildman–Crippen MR) is 77.1 cm³/mol. The maximum absolute atomic E-state index is 10.5. The van der Waals surface area contributed by atoms with Gasteiger partial charge in [0, 0.05) is 10.2 Å². The van der Waals surface area contributed by atoms with Crippen molar-refractivity contribution in [1.82, 2.24) is 0 Å². The maximum Gasteiger partial charge on any atom is 0.320 e. The van der Waals surface area contributed by atoms with Crippen molar-refractivity contribution >= 4 is 33.7 Å². The van der Waals surface area contributed by atoms with E-state index in [4.69, 9.17) is 15.6 Å². The molecule has 0 bridgehead atoms. The number of carboxylic acid groups (broad SMARTS) is 1. The molecule has 0 aliphatic heterocycles. The number of carbonyl (C=O) groups is 1. The van der Waals surface area contributed by atoms with E-state index in [1.54, 1.807) is 18.9 Å². The van der Waals surface area contributed by atoms with Gasteiger partial charge in [-0.2, -0.15) is 11.8 Å². The Hall–Kier alpha value is -0.720. The highest BCUT2D eigenvalue weighted by Gasteiger charge is 2.10. The first kappa shape index (κ1) is 15.3. The third kappa shape index (κ3) is 4.88. The van der Waals surface area contributed by atoms with E-state index < -0.39 is 12.0 Å². The first-order valence-electron chi connectivity index (χ1n) is 5.43. The Morgan fingerprint density at radius 1 is 1.61 bits per heavy atom. The number of thioether (sulfide) groups is 1. The molecule has 6 heteroatoms. The van der Waals surface area contributed by atoms with Crippen LogP contribution < -0.4 is 10.5 Å². The van der Waals surface area contributed by atoms with E-state index in [0.717, 1.165) is 27.3 Å². The molecular formula is C12H16BrNO3S. The van der Waals surface area contributed by atoms with Gasteiger partial charge in [0.2, 0.25) is 0 Å². The van der Waals surface area contributed by atoms with E-state index >= 15 is 0 Å². The number of methoxy groups -OCH3 is 1. The summed E-state index contributed by atoms with van der Waals surface area (Å²) in [5, 5.41) is 8.65. The third-order valence-electron chi connectivity index (χ3n) is 2.40. The second-order valence-electron chi connectivity index (χ2n) is 3.74. The number of halogens is 1. The molecule has 0 aromatic heterocycles. The molecular weight excluding hydrogens is 318 g/mol. The molecule has 0 amide bonds. The minimum Gasteiger partial charge on any atom is -0.497 e. The number of rotatable bonds is 7. The lowest BCUT2D eigenvalue weighted by Crippen LogP contribution is -2.30. The quantitative estimate of drug-likeness (QED) is 0.750. The molecule has 0 fully saturated rings. The lowest BCUT2D eigenvalue weighted by atomic mass is 10.2. The Kier molecular flexibility index (Phi) is 6.52. The summed E-state index contributed by atoms with van der Waals surface area (Å²) < 4.78 is 6.18. The highest BCUT2D eigenvalue weighted by molar-refractivity contribution is 9.10. The van der Waals surface area contributed by atoms with Crippen molar-refractivity contribution in [1.29, 1.82) is 0 Å². The van der Waals surface area contributed by atoms with E-state index in [-0.39, 0.29) is 0 Å². The fourth-order valence-corrected chi connectivity index (χ4v) is 2.90. The van der Waals surface area contributed by atoms with Crippen LogP contribution in [0.15, 0.2) is 22.7 Å². The molecule has 1 atom stereocenters. The summed E-state index contributed by atoms with van der Waals surface area (Å²) in [4.78, 5) is 10.5. The molecule has 0 saturated carbocycles. The number of benzene rings is 1. The van der Waals surface area contributed by atoms with Gasteiger partial charge in [-0.1, -0.05) is 15.9 Å². The summed E-state index contributed by atoms with van der Waals surface area (Å²) in [7, 11) is 1.63. The number of hydrogen-bond acceptors (Lipinski definition) is 4. The Morgan fingerprint density at radius 3 is 2.94 bits per heavy atom. The van der Waals surface area contributed by atoms with Crippen molar-refractivity contribution in [3.8, 4) is 5.75 Å². The van der Waals surface area contributed by atoms with Crippen molar-refractivity contribution in [2.24, 2.45) is 5.73 Å². The zero-order valence-corrected chi connectivity index (χ0v) is 12.5. The molecule has 0 saturated heterocycles. The molecule has 0 aliphatic rings. The van der Waals surface area contributed by atoms with Crippen LogP contribution in [0.2, 0.25) is 0 Å². The normalized spacial score (nSPS) is 12.2. The van der Waals surface area contributed by atoms with Gasteiger partial charge in [0.15, 0.2) is 0 Å². The standard InChI is InChI=1S/C12H16BrNO3S/c1-17-9-2-3-10(13)8(6-9)7-18-5-4-11(14)12(15)16/h2-3,6,11H,4-5,7,14H2,1H3,(H,15,16). The van der Waals surface area contributed by atoms with Crippen molar-refractivity contribution in [3.05, 3.63) is 28.2 Å². The Labute approximate surface area is 119 Å². The molecule has 0 radical (unpaired) electrons. The van der Waals surface area contributed by atoms with Crippen LogP contribution in [0.3, 0.4) is 0 Å². The molecule has 4 nitrogen and oxygen atoms in total. The predicted octanol–water partition coefficient (Wildman–Crippen LogP) is 2.49. The van der Waals surface area contributed by atoms with Crippen LogP contribution in [0.4, 0.5) is 0 Å². The zero-order chi connectivity index (χ0) is 13.5. The highest BCUT2D eigenvalue weighted by Crippen LogP contribution is 2.26. The summed E-state index contributed by atoms with van der Waals surface area (Å²) in [5.41, 5.74) is 6.56. The van der Waals surface area contributed by atoms with Crippen molar-refractivity contribution < 1.29 is 14.6 Å². The minimum absolute atomic E-state index is 0.474. The van der Waals surface area contributed by atoms with Gasteiger partial charge in [-0.15, -0.1) is 0 Å². The molecule has 1 aromatic carbocycles. The van der Waals surface area contributed by atoms with Gasteiger partial charge in [0.1, 0.15) is 11.8 Å². The van der Waals surface area contributed by atoms with Crippen LogP contribution in [-0.4, -0.2) is 30.0 Å². The van der Waals surface area contributed by atoms with Gasteiger partial charge in [-0.25, -0.2) is 0 Å². The van der Waals surface area contributed by atoms with Crippen LogP contribution >= 0.6 is 27.7 Å². The summed E-state index contributed by atoms with van der Waals surface area (Å²) in [5.74, 6) is 1.38. The van der Waals surface area contributed by atoms with Crippen molar-refractivity contribution in [3.63, 3.8) is 0 Å². The second-order valence-corrected chi connectivity index (χ2v) is 5.70. The number of ether oxygens (including phenoxy) is 1. The molecule has 100 valence electrons. The Bertz CT molecular complexity index is 414. The van der Waals surface area contributed by atoms with Gasteiger partial charge in [-0.3, -0.25) is 4.79 Å². The molecule has 1 aromatic rings. The van der Waals surface area contributed by atoms with E-state index in [0.29, 0.717) is 6.42 Å². The summed E-state index contributed by atoms with van der Waals surface area (Å²) >= 11 is 5.13. The Balaban J connectivity index is 2.41. The topological polar surface area (TPSA) is 72.5 Å². The average molecular weight is 334 g/mol. The first-order chi connectivity index (χ1) is 8.54. The van der Waals surface area contributed by atoms with Crippen LogP contribution in [0.1, 0.15) is 12.0 Å². The van der Waals surface area contributed by atoms with Crippen LogP contribution in [0.25, 0.3) is 0 Å². The maximum atomic E-state index is 10.5. The van der Waals surface area contributed by atoms with E-state index in [2.05, 4.69) is 15.9 Å². The largest absolute Gasteiger partial charge is 0.497 e.